The molecule has 0 radical (unpaired) electrons. The largest absolute Gasteiger partial charge is 0.439 e. The van der Waals surface area contributed by atoms with E-state index in [-0.39, 0.29) is 6.61 Å². The normalized spacial score (nSPS) is 19.0. The van der Waals surface area contributed by atoms with Crippen molar-refractivity contribution in [3.8, 4) is 11.6 Å². The maximum absolute atomic E-state index is 9.41. The fraction of sp³-hybridized carbons (Fsp3) is 0.273. The molecule has 4 rings (SSSR count). The minimum Gasteiger partial charge on any atom is -0.439 e. The van der Waals surface area contributed by atoms with Crippen molar-refractivity contribution in [2.75, 3.05) is 11.9 Å². The van der Waals surface area contributed by atoms with E-state index >= 15 is 0 Å². The van der Waals surface area contributed by atoms with Crippen LogP contribution in [0.25, 0.3) is 0 Å². The third-order valence-corrected chi connectivity index (χ3v) is 5.05. The third-order valence-electron chi connectivity index (χ3n) is 5.05. The lowest BCUT2D eigenvalue weighted by atomic mass is 9.97. The summed E-state index contributed by atoms with van der Waals surface area (Å²) in [6.07, 6.45) is 6.64. The number of hydrogen-bond donors (Lipinski definition) is 2. The highest BCUT2D eigenvalue weighted by atomic mass is 16.5. The van der Waals surface area contributed by atoms with Crippen molar-refractivity contribution >= 4 is 11.5 Å². The number of ether oxygens (including phenoxy) is 1. The summed E-state index contributed by atoms with van der Waals surface area (Å²) in [6, 6.07) is 17.6. The summed E-state index contributed by atoms with van der Waals surface area (Å²) in [7, 11) is 0. The predicted octanol–water partition coefficient (Wildman–Crippen LogP) is 4.89. The number of aliphatic hydroxyl groups is 1. The van der Waals surface area contributed by atoms with Crippen molar-refractivity contribution in [1.82, 2.24) is 9.97 Å². The molecule has 5 heteroatoms. The number of nitrogens with zero attached hydrogens (tertiary/aromatic N) is 2. The van der Waals surface area contributed by atoms with E-state index in [1.165, 1.54) is 0 Å². The second-order valence-corrected chi connectivity index (χ2v) is 6.92. The number of anilines is 2. The molecule has 0 amide bonds. The minimum absolute atomic E-state index is 0.262. The van der Waals surface area contributed by atoms with Gasteiger partial charge in [-0.3, -0.25) is 0 Å². The number of rotatable bonds is 6. The maximum Gasteiger partial charge on any atom is 0.222 e. The molecule has 1 saturated carbocycles. The quantitative estimate of drug-likeness (QED) is 0.654. The Bertz CT molecular complexity index is 868. The first kappa shape index (κ1) is 17.5. The lowest BCUT2D eigenvalue weighted by molar-refractivity contribution is 0.228. The van der Waals surface area contributed by atoms with Gasteiger partial charge in [0.05, 0.1) is 0 Å². The summed E-state index contributed by atoms with van der Waals surface area (Å²) >= 11 is 0. The highest BCUT2D eigenvalue weighted by Crippen LogP contribution is 2.41. The zero-order valence-electron chi connectivity index (χ0n) is 15.1. The van der Waals surface area contributed by atoms with E-state index in [4.69, 9.17) is 4.74 Å². The SMILES string of the molecule is OC[C@@H]1CC[C@H](c2cccnc2Oc2ccc(Nc3ccccn3)cc2)C1. The second-order valence-electron chi connectivity index (χ2n) is 6.92. The maximum atomic E-state index is 9.41. The Morgan fingerprint density at radius 1 is 0.963 bits per heavy atom. The second kappa shape index (κ2) is 8.18. The van der Waals surface area contributed by atoms with E-state index in [9.17, 15) is 5.11 Å². The molecule has 1 aliphatic carbocycles. The van der Waals surface area contributed by atoms with Crippen LogP contribution in [0.5, 0.6) is 11.6 Å². The van der Waals surface area contributed by atoms with Crippen LogP contribution in [-0.2, 0) is 0 Å². The number of aromatic nitrogens is 2. The van der Waals surface area contributed by atoms with Crippen LogP contribution in [0.1, 0.15) is 30.7 Å². The van der Waals surface area contributed by atoms with Crippen molar-refractivity contribution in [2.24, 2.45) is 5.92 Å². The van der Waals surface area contributed by atoms with E-state index in [0.717, 1.165) is 42.1 Å². The van der Waals surface area contributed by atoms with Gasteiger partial charge in [-0.05, 0) is 73.6 Å². The van der Waals surface area contributed by atoms with E-state index in [2.05, 4.69) is 21.4 Å². The summed E-state index contributed by atoms with van der Waals surface area (Å²) in [5, 5.41) is 12.7. The number of aliphatic hydroxyl groups excluding tert-OH is 1. The van der Waals surface area contributed by atoms with Gasteiger partial charge in [0, 0.05) is 30.3 Å². The number of nitrogens with one attached hydrogen (secondary N) is 1. The van der Waals surface area contributed by atoms with Gasteiger partial charge in [0.2, 0.25) is 5.88 Å². The summed E-state index contributed by atoms with van der Waals surface area (Å²) in [5.74, 6) is 3.00. The summed E-state index contributed by atoms with van der Waals surface area (Å²) in [6.45, 7) is 0.262. The van der Waals surface area contributed by atoms with Crippen LogP contribution in [0.3, 0.4) is 0 Å². The highest BCUT2D eigenvalue weighted by Gasteiger charge is 2.28. The topological polar surface area (TPSA) is 67.3 Å². The van der Waals surface area contributed by atoms with Gasteiger partial charge in [0.1, 0.15) is 11.6 Å². The van der Waals surface area contributed by atoms with Gasteiger partial charge in [-0.15, -0.1) is 0 Å². The lowest BCUT2D eigenvalue weighted by Crippen LogP contribution is -2.02. The van der Waals surface area contributed by atoms with E-state index in [0.29, 0.717) is 17.7 Å². The smallest absolute Gasteiger partial charge is 0.222 e. The zero-order chi connectivity index (χ0) is 18.5. The Hall–Kier alpha value is -2.92. The van der Waals surface area contributed by atoms with Crippen LogP contribution in [0.2, 0.25) is 0 Å². The van der Waals surface area contributed by atoms with Crippen molar-refractivity contribution in [1.29, 1.82) is 0 Å². The molecular formula is C22H23N3O2. The molecule has 1 aliphatic rings. The van der Waals surface area contributed by atoms with Gasteiger partial charge in [0.25, 0.3) is 0 Å². The molecule has 2 aromatic heterocycles. The zero-order valence-corrected chi connectivity index (χ0v) is 15.1. The van der Waals surface area contributed by atoms with Crippen LogP contribution in [-0.4, -0.2) is 21.7 Å². The molecule has 5 nitrogen and oxygen atoms in total. The highest BCUT2D eigenvalue weighted by molar-refractivity contribution is 5.57. The van der Waals surface area contributed by atoms with Crippen molar-refractivity contribution in [2.45, 2.75) is 25.2 Å². The molecule has 27 heavy (non-hydrogen) atoms. The summed E-state index contributed by atoms with van der Waals surface area (Å²) in [4.78, 5) is 8.71. The van der Waals surface area contributed by atoms with Gasteiger partial charge in [-0.2, -0.15) is 0 Å². The molecule has 0 aliphatic heterocycles. The third kappa shape index (κ3) is 4.26. The lowest BCUT2D eigenvalue weighted by Gasteiger charge is -2.15. The van der Waals surface area contributed by atoms with Crippen molar-refractivity contribution in [3.05, 3.63) is 72.6 Å². The minimum atomic E-state index is 0.262. The average Bonchev–Trinajstić information content (AvgIpc) is 3.20. The Kier molecular flexibility index (Phi) is 5.30. The first-order chi connectivity index (χ1) is 13.3. The molecule has 2 atom stereocenters. The predicted molar refractivity (Wildman–Crippen MR) is 105 cm³/mol. The average molecular weight is 361 g/mol. The molecule has 0 bridgehead atoms. The van der Waals surface area contributed by atoms with Crippen LogP contribution in [0, 0.1) is 5.92 Å². The number of hydrogen-bond acceptors (Lipinski definition) is 5. The fourth-order valence-corrected chi connectivity index (χ4v) is 3.63. The van der Waals surface area contributed by atoms with E-state index in [1.807, 2.05) is 48.5 Å². The Morgan fingerprint density at radius 3 is 2.56 bits per heavy atom. The number of benzene rings is 1. The van der Waals surface area contributed by atoms with Crippen LogP contribution < -0.4 is 10.1 Å². The molecule has 1 fully saturated rings. The van der Waals surface area contributed by atoms with Crippen LogP contribution in [0.4, 0.5) is 11.5 Å². The number of pyridine rings is 2. The van der Waals surface area contributed by atoms with Gasteiger partial charge in [0.15, 0.2) is 0 Å². The molecule has 0 spiro atoms. The van der Waals surface area contributed by atoms with Crippen LogP contribution in [0.15, 0.2) is 67.0 Å². The molecule has 3 aromatic rings. The monoisotopic (exact) mass is 361 g/mol. The first-order valence-corrected chi connectivity index (χ1v) is 9.33. The van der Waals surface area contributed by atoms with Gasteiger partial charge < -0.3 is 15.2 Å². The first-order valence-electron chi connectivity index (χ1n) is 9.33. The van der Waals surface area contributed by atoms with E-state index in [1.54, 1.807) is 12.4 Å². The Balaban J connectivity index is 1.46. The van der Waals surface area contributed by atoms with Crippen LogP contribution >= 0.6 is 0 Å². The van der Waals surface area contributed by atoms with Gasteiger partial charge >= 0.3 is 0 Å². The Morgan fingerprint density at radius 2 is 1.81 bits per heavy atom. The molecule has 0 saturated heterocycles. The fourth-order valence-electron chi connectivity index (χ4n) is 3.63. The molecule has 2 heterocycles. The van der Waals surface area contributed by atoms with Gasteiger partial charge in [-0.25, -0.2) is 9.97 Å². The van der Waals surface area contributed by atoms with Crippen molar-refractivity contribution < 1.29 is 9.84 Å². The van der Waals surface area contributed by atoms with Crippen molar-refractivity contribution in [3.63, 3.8) is 0 Å². The summed E-state index contributed by atoms with van der Waals surface area (Å²) < 4.78 is 6.08. The standard InChI is InChI=1S/C22H23N3O2/c26-15-16-6-7-17(14-16)20-4-3-13-24-22(20)27-19-10-8-18(9-11-19)25-21-5-1-2-12-23-21/h1-5,8-13,16-17,26H,6-7,14-15H2,(H,23,25)/t16-,17+/m1/s1. The molecule has 2 N–H and O–H groups in total. The molecular weight excluding hydrogens is 338 g/mol. The van der Waals surface area contributed by atoms with E-state index < -0.39 is 0 Å². The molecule has 0 unspecified atom stereocenters. The molecule has 1 aromatic carbocycles. The Labute approximate surface area is 159 Å². The molecule has 138 valence electrons. The van der Waals surface area contributed by atoms with Gasteiger partial charge in [-0.1, -0.05) is 12.1 Å². The summed E-state index contributed by atoms with van der Waals surface area (Å²) in [5.41, 5.74) is 2.08.